The fraction of sp³-hybridized carbons (Fsp3) is 0.833. The number of carboxylic acids is 1. The van der Waals surface area contributed by atoms with Crippen LogP contribution in [0.5, 0.6) is 0 Å². The van der Waals surface area contributed by atoms with Gasteiger partial charge in [0.2, 0.25) is 0 Å². The van der Waals surface area contributed by atoms with E-state index in [1.54, 1.807) is 0 Å². The van der Waals surface area contributed by atoms with Crippen LogP contribution in [0.3, 0.4) is 0 Å². The van der Waals surface area contributed by atoms with E-state index in [9.17, 15) is 15.0 Å². The highest BCUT2D eigenvalue weighted by Gasteiger charge is 2.22. The summed E-state index contributed by atoms with van der Waals surface area (Å²) in [7, 11) is 0. The first-order chi connectivity index (χ1) is 10.2. The zero-order chi connectivity index (χ0) is 17.1. The van der Waals surface area contributed by atoms with Gasteiger partial charge in [-0.2, -0.15) is 0 Å². The van der Waals surface area contributed by atoms with Crippen LogP contribution in [-0.4, -0.2) is 33.5 Å². The van der Waals surface area contributed by atoms with Gasteiger partial charge in [-0.25, -0.2) is 4.79 Å². The van der Waals surface area contributed by atoms with E-state index in [0.29, 0.717) is 0 Å². The van der Waals surface area contributed by atoms with Crippen LogP contribution in [0.2, 0.25) is 0 Å². The fourth-order valence-corrected chi connectivity index (χ4v) is 2.47. The molecule has 4 nitrogen and oxygen atoms in total. The molecule has 0 amide bonds. The first-order valence-electron chi connectivity index (χ1n) is 8.48. The molecule has 22 heavy (non-hydrogen) atoms. The van der Waals surface area contributed by atoms with Crippen molar-refractivity contribution >= 4 is 5.97 Å². The Hall–Kier alpha value is -0.870. The van der Waals surface area contributed by atoms with Crippen molar-refractivity contribution in [2.75, 3.05) is 0 Å². The lowest BCUT2D eigenvalue weighted by atomic mass is 9.94. The molecule has 0 aliphatic rings. The number of rotatable bonds is 12. The minimum absolute atomic E-state index is 0.184. The molecule has 3 unspecified atom stereocenters. The molecule has 0 aliphatic carbocycles. The van der Waals surface area contributed by atoms with Gasteiger partial charge in [0.1, 0.15) is 0 Å². The summed E-state index contributed by atoms with van der Waals surface area (Å²) >= 11 is 0. The summed E-state index contributed by atoms with van der Waals surface area (Å²) in [4.78, 5) is 10.5. The Morgan fingerprint density at radius 3 is 2.18 bits per heavy atom. The van der Waals surface area contributed by atoms with Crippen molar-refractivity contribution in [2.45, 2.75) is 84.8 Å². The second kappa shape index (κ2) is 11.7. The summed E-state index contributed by atoms with van der Waals surface area (Å²) in [6.07, 6.45) is 6.23. The van der Waals surface area contributed by atoms with Gasteiger partial charge in [0.25, 0.3) is 0 Å². The van der Waals surface area contributed by atoms with Crippen LogP contribution in [-0.2, 0) is 4.79 Å². The number of allylic oxidation sites excluding steroid dienone is 1. The molecular weight excluding hydrogens is 280 g/mol. The summed E-state index contributed by atoms with van der Waals surface area (Å²) in [5.74, 6) is 0.143. The van der Waals surface area contributed by atoms with Crippen LogP contribution in [0.4, 0.5) is 0 Å². The van der Waals surface area contributed by atoms with E-state index < -0.39 is 18.2 Å². The van der Waals surface area contributed by atoms with Crippen LogP contribution >= 0.6 is 0 Å². The van der Waals surface area contributed by atoms with Crippen molar-refractivity contribution in [3.05, 3.63) is 11.6 Å². The van der Waals surface area contributed by atoms with Crippen molar-refractivity contribution < 1.29 is 20.1 Å². The normalized spacial score (nSPS) is 16.6. The molecule has 0 saturated heterocycles. The molecule has 0 fully saturated rings. The predicted octanol–water partition coefficient (Wildman–Crippen LogP) is 3.76. The number of hydrogen-bond acceptors (Lipinski definition) is 3. The monoisotopic (exact) mass is 314 g/mol. The smallest absolute Gasteiger partial charge is 0.335 e. The van der Waals surface area contributed by atoms with Crippen LogP contribution in [0.1, 0.15) is 72.6 Å². The average Bonchev–Trinajstić information content (AvgIpc) is 2.43. The van der Waals surface area contributed by atoms with Gasteiger partial charge in [0.15, 0.2) is 6.10 Å². The topological polar surface area (TPSA) is 77.8 Å². The van der Waals surface area contributed by atoms with E-state index in [1.807, 2.05) is 13.0 Å². The second-order valence-electron chi connectivity index (χ2n) is 6.96. The first kappa shape index (κ1) is 21.1. The number of hydrogen-bond donors (Lipinski definition) is 3. The van der Waals surface area contributed by atoms with E-state index in [-0.39, 0.29) is 6.42 Å². The third-order valence-electron chi connectivity index (χ3n) is 4.07. The first-order valence-corrected chi connectivity index (χ1v) is 8.48. The standard InChI is InChI=1S/C18H34O4/c1-13(2)7-5-8-14(3)9-6-10-15(4)11-12-16(19)17(20)18(21)22/h11,13-14,16-17,19-20H,5-10,12H2,1-4H3,(H,21,22). The maximum Gasteiger partial charge on any atom is 0.335 e. The van der Waals surface area contributed by atoms with Gasteiger partial charge < -0.3 is 15.3 Å². The molecule has 0 aliphatic heterocycles. The minimum atomic E-state index is -1.70. The summed E-state index contributed by atoms with van der Waals surface area (Å²) in [5.41, 5.74) is 1.14. The van der Waals surface area contributed by atoms with Crippen molar-refractivity contribution in [1.82, 2.24) is 0 Å². The molecule has 3 atom stereocenters. The molecular formula is C18H34O4. The van der Waals surface area contributed by atoms with E-state index in [0.717, 1.165) is 30.3 Å². The second-order valence-corrected chi connectivity index (χ2v) is 6.96. The maximum absolute atomic E-state index is 10.5. The highest BCUT2D eigenvalue weighted by molar-refractivity contribution is 5.72. The summed E-state index contributed by atoms with van der Waals surface area (Å²) in [6.45, 7) is 8.80. The number of aliphatic hydroxyl groups excluding tert-OH is 2. The third kappa shape index (κ3) is 10.8. The van der Waals surface area contributed by atoms with E-state index in [1.165, 1.54) is 25.7 Å². The Bertz CT molecular complexity index is 336. The Morgan fingerprint density at radius 1 is 1.05 bits per heavy atom. The van der Waals surface area contributed by atoms with Gasteiger partial charge in [-0.1, -0.05) is 58.1 Å². The molecule has 0 saturated carbocycles. The highest BCUT2D eigenvalue weighted by Crippen LogP contribution is 2.19. The number of carboxylic acid groups (broad SMARTS) is 1. The average molecular weight is 314 g/mol. The molecule has 0 aromatic rings. The number of aliphatic hydroxyl groups is 2. The fourth-order valence-electron chi connectivity index (χ4n) is 2.47. The Morgan fingerprint density at radius 2 is 1.64 bits per heavy atom. The van der Waals surface area contributed by atoms with Gasteiger partial charge in [0.05, 0.1) is 6.10 Å². The molecule has 0 radical (unpaired) electrons. The summed E-state index contributed by atoms with van der Waals surface area (Å²) < 4.78 is 0. The SMILES string of the molecule is CC(=CCC(O)C(O)C(=O)O)CCCC(C)CCCC(C)C. The van der Waals surface area contributed by atoms with Gasteiger partial charge >= 0.3 is 5.97 Å². The van der Waals surface area contributed by atoms with Crippen molar-refractivity contribution in [3.8, 4) is 0 Å². The molecule has 4 heteroatoms. The Kier molecular flexibility index (Phi) is 11.2. The van der Waals surface area contributed by atoms with E-state index >= 15 is 0 Å². The highest BCUT2D eigenvalue weighted by atomic mass is 16.4. The Labute approximate surface area is 135 Å². The molecule has 0 aromatic carbocycles. The van der Waals surface area contributed by atoms with Gasteiger partial charge in [-0.15, -0.1) is 0 Å². The lowest BCUT2D eigenvalue weighted by molar-refractivity contribution is -0.152. The van der Waals surface area contributed by atoms with Crippen LogP contribution in [0, 0.1) is 11.8 Å². The maximum atomic E-state index is 10.5. The van der Waals surface area contributed by atoms with Crippen LogP contribution in [0.25, 0.3) is 0 Å². The molecule has 3 N–H and O–H groups in total. The van der Waals surface area contributed by atoms with Crippen molar-refractivity contribution in [2.24, 2.45) is 11.8 Å². The lowest BCUT2D eigenvalue weighted by Crippen LogP contribution is -2.33. The van der Waals surface area contributed by atoms with Gasteiger partial charge in [-0.3, -0.25) is 0 Å². The molecule has 0 rings (SSSR count). The predicted molar refractivity (Wildman–Crippen MR) is 89.7 cm³/mol. The van der Waals surface area contributed by atoms with E-state index in [2.05, 4.69) is 20.8 Å². The lowest BCUT2D eigenvalue weighted by Gasteiger charge is -2.13. The number of aliphatic carboxylic acids is 1. The van der Waals surface area contributed by atoms with Crippen molar-refractivity contribution in [1.29, 1.82) is 0 Å². The molecule has 0 aromatic heterocycles. The zero-order valence-corrected chi connectivity index (χ0v) is 14.6. The third-order valence-corrected chi connectivity index (χ3v) is 4.07. The van der Waals surface area contributed by atoms with Crippen LogP contribution < -0.4 is 0 Å². The largest absolute Gasteiger partial charge is 0.479 e. The van der Waals surface area contributed by atoms with Crippen molar-refractivity contribution in [3.63, 3.8) is 0 Å². The van der Waals surface area contributed by atoms with Crippen LogP contribution in [0.15, 0.2) is 11.6 Å². The van der Waals surface area contributed by atoms with Gasteiger partial charge in [0, 0.05) is 0 Å². The molecule has 0 spiro atoms. The zero-order valence-electron chi connectivity index (χ0n) is 14.6. The van der Waals surface area contributed by atoms with Gasteiger partial charge in [-0.05, 0) is 38.0 Å². The Balaban J connectivity index is 3.86. The molecule has 0 heterocycles. The molecule has 130 valence electrons. The van der Waals surface area contributed by atoms with E-state index in [4.69, 9.17) is 5.11 Å². The quantitative estimate of drug-likeness (QED) is 0.479. The summed E-state index contributed by atoms with van der Waals surface area (Å²) in [6, 6.07) is 0. The number of carbonyl (C=O) groups is 1. The summed E-state index contributed by atoms with van der Waals surface area (Å²) in [5, 5.41) is 27.3. The minimum Gasteiger partial charge on any atom is -0.479 e. The molecule has 0 bridgehead atoms.